The van der Waals surface area contributed by atoms with Gasteiger partial charge in [-0.2, -0.15) is 0 Å². The van der Waals surface area contributed by atoms with Crippen molar-refractivity contribution in [1.29, 1.82) is 0 Å². The molecule has 3 N–H and O–H groups in total. The Morgan fingerprint density at radius 1 is 0.325 bits per heavy atom. The summed E-state index contributed by atoms with van der Waals surface area (Å²) in [5.41, 5.74) is 0. The second-order valence-electron chi connectivity index (χ2n) is 26.7. The van der Waals surface area contributed by atoms with Crippen LogP contribution in [0, 0.1) is 0 Å². The first-order valence-corrected chi connectivity index (χ1v) is 38.4. The van der Waals surface area contributed by atoms with Gasteiger partial charge in [-0.25, -0.2) is 0 Å². The topological polar surface area (TPSA) is 95.9 Å². The van der Waals surface area contributed by atoms with Gasteiger partial charge in [-0.15, -0.1) is 0 Å². The summed E-state index contributed by atoms with van der Waals surface area (Å²) in [7, 11) is 0. The van der Waals surface area contributed by atoms with Crippen molar-refractivity contribution in [2.24, 2.45) is 0 Å². The van der Waals surface area contributed by atoms with Crippen LogP contribution in [-0.4, -0.2) is 47.4 Å². The molecule has 0 spiro atoms. The summed E-state index contributed by atoms with van der Waals surface area (Å²) in [6, 6.07) is -0.540. The van der Waals surface area contributed by atoms with Crippen LogP contribution >= 0.6 is 0 Å². The lowest BCUT2D eigenvalue weighted by Crippen LogP contribution is -2.45. The molecule has 0 saturated carbocycles. The largest absolute Gasteiger partial charge is 0.466 e. The molecule has 6 nitrogen and oxygen atoms in total. The number of allylic oxidation sites excluding steroid dienone is 2. The lowest BCUT2D eigenvalue weighted by Gasteiger charge is -2.22. The zero-order chi connectivity index (χ0) is 59.9. The number of nitrogens with one attached hydrogen (secondary N) is 1. The molecule has 0 radical (unpaired) electrons. The van der Waals surface area contributed by atoms with Gasteiger partial charge in [0.05, 0.1) is 25.4 Å². The van der Waals surface area contributed by atoms with Gasteiger partial charge in [0.2, 0.25) is 5.91 Å². The number of rotatable bonds is 73. The third kappa shape index (κ3) is 69.6. The van der Waals surface area contributed by atoms with Gasteiger partial charge in [-0.05, 0) is 51.4 Å². The summed E-state index contributed by atoms with van der Waals surface area (Å²) in [6.07, 6.45) is 91.4. The van der Waals surface area contributed by atoms with Gasteiger partial charge >= 0.3 is 5.97 Å². The fraction of sp³-hybridized carbons (Fsp3) is 0.948. The van der Waals surface area contributed by atoms with E-state index >= 15 is 0 Å². The highest BCUT2D eigenvalue weighted by Crippen LogP contribution is 2.20. The number of esters is 1. The van der Waals surface area contributed by atoms with E-state index in [0.29, 0.717) is 25.9 Å². The van der Waals surface area contributed by atoms with Crippen molar-refractivity contribution in [3.8, 4) is 0 Å². The molecule has 0 aliphatic carbocycles. The minimum Gasteiger partial charge on any atom is -0.466 e. The molecular weight excluding hydrogens is 1020 g/mol. The highest BCUT2D eigenvalue weighted by molar-refractivity contribution is 5.76. The fourth-order valence-electron chi connectivity index (χ4n) is 12.5. The summed E-state index contributed by atoms with van der Waals surface area (Å²) in [6.45, 7) is 5.00. The van der Waals surface area contributed by atoms with E-state index in [1.807, 2.05) is 0 Å². The average molecular weight is 1170 g/mol. The molecule has 0 aromatic rings. The third-order valence-corrected chi connectivity index (χ3v) is 18.3. The average Bonchev–Trinajstić information content (AvgIpc) is 3.49. The van der Waals surface area contributed by atoms with E-state index in [2.05, 4.69) is 31.3 Å². The van der Waals surface area contributed by atoms with Crippen LogP contribution in [0.15, 0.2) is 12.2 Å². The first-order valence-electron chi connectivity index (χ1n) is 38.4. The zero-order valence-corrected chi connectivity index (χ0v) is 56.7. The monoisotopic (exact) mass is 1170 g/mol. The Morgan fingerprint density at radius 2 is 0.566 bits per heavy atom. The Kier molecular flexibility index (Phi) is 71.8. The van der Waals surface area contributed by atoms with Crippen molar-refractivity contribution >= 4 is 11.9 Å². The molecule has 0 aliphatic heterocycles. The van der Waals surface area contributed by atoms with Crippen LogP contribution in [0.2, 0.25) is 0 Å². The second-order valence-corrected chi connectivity index (χ2v) is 26.7. The standard InChI is InChI=1S/C77H151NO5/c1-3-5-7-9-11-13-15-17-19-21-22-23-31-34-38-41-45-49-53-57-61-65-69-75(80)74(73-79)78-76(81)70-66-62-58-54-50-46-42-39-35-32-29-27-25-24-26-28-30-33-36-40-44-48-52-56-60-64-68-72-83-77(82)71-67-63-59-55-51-47-43-37-20-18-16-14-12-10-8-6-4-2/h18,20,74-75,79-80H,3-17,19,21-73H2,1-2H3,(H,78,81)/b20-18-. The van der Waals surface area contributed by atoms with Crippen molar-refractivity contribution in [3.05, 3.63) is 12.2 Å². The van der Waals surface area contributed by atoms with E-state index < -0.39 is 12.1 Å². The summed E-state index contributed by atoms with van der Waals surface area (Å²) < 4.78 is 5.51. The van der Waals surface area contributed by atoms with Crippen LogP contribution < -0.4 is 5.32 Å². The molecule has 2 unspecified atom stereocenters. The number of hydrogen-bond acceptors (Lipinski definition) is 5. The molecule has 0 aliphatic rings. The van der Waals surface area contributed by atoms with Crippen LogP contribution in [-0.2, 0) is 14.3 Å². The summed E-state index contributed by atoms with van der Waals surface area (Å²) >= 11 is 0. The first kappa shape index (κ1) is 81.6. The van der Waals surface area contributed by atoms with Crippen LogP contribution in [0.4, 0.5) is 0 Å². The predicted molar refractivity (Wildman–Crippen MR) is 366 cm³/mol. The number of ether oxygens (including phenoxy) is 1. The zero-order valence-electron chi connectivity index (χ0n) is 56.7. The van der Waals surface area contributed by atoms with Crippen molar-refractivity contribution in [2.45, 2.75) is 456 Å². The maximum atomic E-state index is 12.6. The van der Waals surface area contributed by atoms with Gasteiger partial charge < -0.3 is 20.3 Å². The number of carbonyl (C=O) groups excluding carboxylic acids is 2. The number of aliphatic hydroxyl groups excluding tert-OH is 2. The van der Waals surface area contributed by atoms with E-state index in [1.165, 1.54) is 366 Å². The van der Waals surface area contributed by atoms with E-state index in [-0.39, 0.29) is 18.5 Å². The molecule has 0 aromatic heterocycles. The summed E-state index contributed by atoms with van der Waals surface area (Å²) in [4.78, 5) is 24.7. The Balaban J connectivity index is 3.34. The maximum absolute atomic E-state index is 12.6. The first-order chi connectivity index (χ1) is 41.0. The highest BCUT2D eigenvalue weighted by atomic mass is 16.5. The number of carbonyl (C=O) groups is 2. The molecule has 0 bridgehead atoms. The molecule has 2 atom stereocenters. The number of hydrogen-bond donors (Lipinski definition) is 3. The van der Waals surface area contributed by atoms with Gasteiger partial charge in [0.15, 0.2) is 0 Å². The van der Waals surface area contributed by atoms with Gasteiger partial charge in [0.25, 0.3) is 0 Å². The Hall–Kier alpha value is -1.40. The van der Waals surface area contributed by atoms with E-state index in [4.69, 9.17) is 4.74 Å². The molecule has 0 fully saturated rings. The molecule has 0 heterocycles. The molecular formula is C77H151NO5. The van der Waals surface area contributed by atoms with E-state index in [1.54, 1.807) is 0 Å². The fourth-order valence-corrected chi connectivity index (χ4v) is 12.5. The van der Waals surface area contributed by atoms with Gasteiger partial charge in [0.1, 0.15) is 0 Å². The number of aliphatic hydroxyl groups is 2. The van der Waals surface area contributed by atoms with Gasteiger partial charge in [0, 0.05) is 12.8 Å². The number of unbranched alkanes of at least 4 members (excludes halogenated alkanes) is 60. The van der Waals surface area contributed by atoms with Crippen LogP contribution in [0.1, 0.15) is 444 Å². The van der Waals surface area contributed by atoms with E-state index in [9.17, 15) is 19.8 Å². The molecule has 0 aromatic carbocycles. The third-order valence-electron chi connectivity index (χ3n) is 18.3. The Labute approximate surface area is 520 Å². The highest BCUT2D eigenvalue weighted by Gasteiger charge is 2.20. The lowest BCUT2D eigenvalue weighted by molar-refractivity contribution is -0.143. The molecule has 494 valence electrons. The predicted octanol–water partition coefficient (Wildman–Crippen LogP) is 25.1. The summed E-state index contributed by atoms with van der Waals surface area (Å²) in [5, 5.41) is 23.5. The molecule has 1 amide bonds. The number of amides is 1. The van der Waals surface area contributed by atoms with Crippen molar-refractivity contribution in [2.75, 3.05) is 13.2 Å². The molecule has 6 heteroatoms. The summed E-state index contributed by atoms with van der Waals surface area (Å²) in [5.74, 6) is -0.0105. The SMILES string of the molecule is CCCCCCCC/C=C\CCCCCCCCCC(=O)OCCCCCCCCCCCCCCCCCCCCCCCCCCCCCC(=O)NC(CO)C(O)CCCCCCCCCCCCCCCCCCCCCCCC. The minimum absolute atomic E-state index is 0.0161. The van der Waals surface area contributed by atoms with Crippen molar-refractivity contribution in [3.63, 3.8) is 0 Å². The van der Waals surface area contributed by atoms with Crippen LogP contribution in [0.25, 0.3) is 0 Å². The smallest absolute Gasteiger partial charge is 0.305 e. The second kappa shape index (κ2) is 73.1. The molecule has 83 heavy (non-hydrogen) atoms. The van der Waals surface area contributed by atoms with Crippen LogP contribution in [0.5, 0.6) is 0 Å². The van der Waals surface area contributed by atoms with Gasteiger partial charge in [-0.1, -0.05) is 392 Å². The Bertz CT molecular complexity index is 1260. The normalized spacial score (nSPS) is 12.5. The lowest BCUT2D eigenvalue weighted by atomic mass is 10.0. The minimum atomic E-state index is -0.663. The Morgan fingerprint density at radius 3 is 0.855 bits per heavy atom. The van der Waals surface area contributed by atoms with Crippen molar-refractivity contribution < 1.29 is 24.5 Å². The van der Waals surface area contributed by atoms with Gasteiger partial charge in [-0.3, -0.25) is 9.59 Å². The van der Waals surface area contributed by atoms with Crippen LogP contribution in [0.3, 0.4) is 0 Å². The maximum Gasteiger partial charge on any atom is 0.305 e. The van der Waals surface area contributed by atoms with Crippen molar-refractivity contribution in [1.82, 2.24) is 5.32 Å². The quantitative estimate of drug-likeness (QED) is 0.0320. The molecule has 0 rings (SSSR count). The molecule has 0 saturated heterocycles. The van der Waals surface area contributed by atoms with E-state index in [0.717, 1.165) is 44.9 Å².